The van der Waals surface area contributed by atoms with Crippen LogP contribution in [0.25, 0.3) is 6.08 Å². The zero-order chi connectivity index (χ0) is 9.84. The fourth-order valence-corrected chi connectivity index (χ4v) is 1.05. The number of aromatic nitrogens is 2. The highest BCUT2D eigenvalue weighted by atomic mass is 16.1. The average molecular weight is 178 g/mol. The maximum atomic E-state index is 11.0. The van der Waals surface area contributed by atoms with Gasteiger partial charge in [-0.15, -0.1) is 0 Å². The lowest BCUT2D eigenvalue weighted by molar-refractivity contribution is -0.113. The molecule has 0 spiro atoms. The van der Waals surface area contributed by atoms with Crippen LogP contribution in [0.4, 0.5) is 0 Å². The zero-order valence-electron chi connectivity index (χ0n) is 8.24. The lowest BCUT2D eigenvalue weighted by Crippen LogP contribution is -2.00. The maximum Gasteiger partial charge on any atom is 0.155 e. The van der Waals surface area contributed by atoms with Gasteiger partial charge in [-0.3, -0.25) is 9.48 Å². The molecule has 0 aliphatic rings. The van der Waals surface area contributed by atoms with Gasteiger partial charge in [0.25, 0.3) is 0 Å². The molecule has 0 aliphatic carbocycles. The highest BCUT2D eigenvalue weighted by Gasteiger charge is 2.00. The molecule has 1 rings (SSSR count). The predicted octanol–water partition coefficient (Wildman–Crippen LogP) is 1.90. The van der Waals surface area contributed by atoms with Gasteiger partial charge in [-0.05, 0) is 38.5 Å². The van der Waals surface area contributed by atoms with E-state index in [1.807, 2.05) is 30.7 Å². The second-order valence-corrected chi connectivity index (χ2v) is 2.96. The molecule has 0 aromatic carbocycles. The average Bonchev–Trinajstić information content (AvgIpc) is 2.51. The fourth-order valence-electron chi connectivity index (χ4n) is 1.05. The van der Waals surface area contributed by atoms with Crippen molar-refractivity contribution in [2.75, 3.05) is 0 Å². The molecule has 0 N–H and O–H groups in total. The van der Waals surface area contributed by atoms with E-state index in [0.29, 0.717) is 0 Å². The van der Waals surface area contributed by atoms with Crippen LogP contribution in [-0.2, 0) is 11.3 Å². The number of hydrogen-bond acceptors (Lipinski definition) is 2. The molecular weight excluding hydrogens is 164 g/mol. The second kappa shape index (κ2) is 4.03. The Morgan fingerprint density at radius 3 is 2.85 bits per heavy atom. The van der Waals surface area contributed by atoms with E-state index in [2.05, 4.69) is 5.10 Å². The van der Waals surface area contributed by atoms with E-state index in [1.165, 1.54) is 0 Å². The molecule has 0 aliphatic heterocycles. The van der Waals surface area contributed by atoms with Crippen molar-refractivity contribution in [2.45, 2.75) is 27.3 Å². The third-order valence-corrected chi connectivity index (χ3v) is 1.97. The number of allylic oxidation sites excluding steroid dienone is 1. The molecule has 0 radical (unpaired) electrons. The van der Waals surface area contributed by atoms with Crippen LogP contribution in [0.2, 0.25) is 0 Å². The number of hydrogen-bond donors (Lipinski definition) is 0. The number of aryl methyl sites for hydroxylation is 1. The van der Waals surface area contributed by atoms with Gasteiger partial charge < -0.3 is 0 Å². The summed E-state index contributed by atoms with van der Waals surface area (Å²) in [5.74, 6) is 0.101. The topological polar surface area (TPSA) is 34.9 Å². The van der Waals surface area contributed by atoms with Crippen molar-refractivity contribution >= 4 is 11.9 Å². The van der Waals surface area contributed by atoms with Crippen LogP contribution in [0.5, 0.6) is 0 Å². The van der Waals surface area contributed by atoms with Crippen LogP contribution in [0.3, 0.4) is 0 Å². The Balaban J connectivity index is 2.96. The Morgan fingerprint density at radius 2 is 2.31 bits per heavy atom. The minimum Gasteiger partial charge on any atom is -0.295 e. The number of Topliss-reactive ketones (excluding diaryl/α,β-unsaturated/α-hetero) is 1. The van der Waals surface area contributed by atoms with Crippen LogP contribution >= 0.6 is 0 Å². The molecule has 0 amide bonds. The summed E-state index contributed by atoms with van der Waals surface area (Å²) >= 11 is 0. The molecule has 0 fully saturated rings. The Hall–Kier alpha value is -1.38. The first-order valence-corrected chi connectivity index (χ1v) is 4.36. The summed E-state index contributed by atoms with van der Waals surface area (Å²) in [6.07, 6.45) is 3.60. The van der Waals surface area contributed by atoms with Gasteiger partial charge in [0.15, 0.2) is 5.78 Å². The monoisotopic (exact) mass is 178 g/mol. The molecule has 0 atom stereocenters. The molecule has 0 saturated carbocycles. The summed E-state index contributed by atoms with van der Waals surface area (Å²) in [6.45, 7) is 6.23. The van der Waals surface area contributed by atoms with Gasteiger partial charge in [0, 0.05) is 12.7 Å². The van der Waals surface area contributed by atoms with Crippen LogP contribution in [-0.4, -0.2) is 15.6 Å². The van der Waals surface area contributed by atoms with Crippen LogP contribution in [0, 0.1) is 0 Å². The third-order valence-electron chi connectivity index (χ3n) is 1.97. The van der Waals surface area contributed by atoms with Crippen molar-refractivity contribution in [1.82, 2.24) is 9.78 Å². The van der Waals surface area contributed by atoms with Crippen molar-refractivity contribution < 1.29 is 4.79 Å². The van der Waals surface area contributed by atoms with Crippen molar-refractivity contribution in [1.29, 1.82) is 0 Å². The standard InChI is InChI=1S/C10H14N2O/c1-4-12-10(5-6-11-12)7-8(2)9(3)13/h5-7H,4H2,1-3H3/b8-7-. The van der Waals surface area contributed by atoms with Crippen molar-refractivity contribution in [3.8, 4) is 0 Å². The Bertz CT molecular complexity index is 336. The predicted molar refractivity (Wildman–Crippen MR) is 52.2 cm³/mol. The van der Waals surface area contributed by atoms with Crippen molar-refractivity contribution in [3.63, 3.8) is 0 Å². The number of ketones is 1. The number of rotatable bonds is 3. The van der Waals surface area contributed by atoms with E-state index >= 15 is 0 Å². The largest absolute Gasteiger partial charge is 0.295 e. The van der Waals surface area contributed by atoms with E-state index < -0.39 is 0 Å². The number of nitrogens with zero attached hydrogens (tertiary/aromatic N) is 2. The zero-order valence-corrected chi connectivity index (χ0v) is 8.24. The third kappa shape index (κ3) is 2.28. The lowest BCUT2D eigenvalue weighted by Gasteiger charge is -2.00. The summed E-state index contributed by atoms with van der Waals surface area (Å²) in [6, 6.07) is 1.90. The Kier molecular flexibility index (Phi) is 3.01. The van der Waals surface area contributed by atoms with Crippen LogP contribution in [0.15, 0.2) is 17.8 Å². The minimum atomic E-state index is 0.101. The van der Waals surface area contributed by atoms with Gasteiger partial charge in [-0.25, -0.2) is 0 Å². The van der Waals surface area contributed by atoms with Crippen molar-refractivity contribution in [3.05, 3.63) is 23.5 Å². The van der Waals surface area contributed by atoms with E-state index in [9.17, 15) is 4.79 Å². The Morgan fingerprint density at radius 1 is 1.62 bits per heavy atom. The molecule has 70 valence electrons. The molecule has 3 heteroatoms. The summed E-state index contributed by atoms with van der Waals surface area (Å²) in [4.78, 5) is 11.0. The van der Waals surface area contributed by atoms with E-state index in [1.54, 1.807) is 13.1 Å². The van der Waals surface area contributed by atoms with E-state index in [0.717, 1.165) is 17.8 Å². The van der Waals surface area contributed by atoms with E-state index in [-0.39, 0.29) is 5.78 Å². The van der Waals surface area contributed by atoms with Gasteiger partial charge >= 0.3 is 0 Å². The fraction of sp³-hybridized carbons (Fsp3) is 0.400. The molecule has 1 aromatic rings. The molecule has 3 nitrogen and oxygen atoms in total. The van der Waals surface area contributed by atoms with Gasteiger partial charge in [0.2, 0.25) is 0 Å². The SMILES string of the molecule is CCn1nccc1/C=C(/C)C(C)=O. The summed E-state index contributed by atoms with van der Waals surface area (Å²) in [7, 11) is 0. The van der Waals surface area contributed by atoms with Gasteiger partial charge in [0.05, 0.1) is 5.69 Å². The molecule has 1 heterocycles. The summed E-state index contributed by atoms with van der Waals surface area (Å²) in [5, 5.41) is 4.11. The minimum absolute atomic E-state index is 0.101. The first-order chi connectivity index (χ1) is 6.15. The molecule has 0 saturated heterocycles. The lowest BCUT2D eigenvalue weighted by atomic mass is 10.2. The first-order valence-electron chi connectivity index (χ1n) is 4.36. The summed E-state index contributed by atoms with van der Waals surface area (Å²) in [5.41, 5.74) is 1.74. The van der Waals surface area contributed by atoms with Gasteiger partial charge in [-0.1, -0.05) is 0 Å². The smallest absolute Gasteiger partial charge is 0.155 e. The highest BCUT2D eigenvalue weighted by Crippen LogP contribution is 2.06. The molecular formula is C10H14N2O. The van der Waals surface area contributed by atoms with Crippen molar-refractivity contribution in [2.24, 2.45) is 0 Å². The Labute approximate surface area is 78.1 Å². The van der Waals surface area contributed by atoms with E-state index in [4.69, 9.17) is 0 Å². The molecule has 1 aromatic heterocycles. The van der Waals surface area contributed by atoms with Gasteiger partial charge in [0.1, 0.15) is 0 Å². The molecule has 0 bridgehead atoms. The number of carbonyl (C=O) groups is 1. The number of carbonyl (C=O) groups excluding carboxylic acids is 1. The molecule has 0 unspecified atom stereocenters. The highest BCUT2D eigenvalue weighted by molar-refractivity contribution is 5.96. The maximum absolute atomic E-state index is 11.0. The van der Waals surface area contributed by atoms with Gasteiger partial charge in [-0.2, -0.15) is 5.10 Å². The first kappa shape index (κ1) is 9.71. The second-order valence-electron chi connectivity index (χ2n) is 2.96. The normalized spacial score (nSPS) is 11.8. The molecule has 13 heavy (non-hydrogen) atoms. The van der Waals surface area contributed by atoms with Crippen LogP contribution < -0.4 is 0 Å². The quantitative estimate of drug-likeness (QED) is 0.662. The van der Waals surface area contributed by atoms with Crippen LogP contribution in [0.1, 0.15) is 26.5 Å². The summed E-state index contributed by atoms with van der Waals surface area (Å²) < 4.78 is 1.85.